The third kappa shape index (κ3) is 2.24. The standard InChI is InChI=1S/C11H13FN3OP/c1-14(2)8-3-4-10(13-11(8)16)15-5-7(12)9(17)6-15/h3-6H,17H2,1-2H3,(H,13,16). The molecule has 0 aliphatic heterocycles. The normalized spacial score (nSPS) is 10.6. The number of H-pyrrole nitrogens is 1. The van der Waals surface area contributed by atoms with Crippen LogP contribution in [0.4, 0.5) is 10.1 Å². The van der Waals surface area contributed by atoms with Crippen LogP contribution < -0.4 is 15.8 Å². The lowest BCUT2D eigenvalue weighted by Crippen LogP contribution is -2.21. The van der Waals surface area contributed by atoms with Gasteiger partial charge in [-0.2, -0.15) is 0 Å². The van der Waals surface area contributed by atoms with Gasteiger partial charge in [0.25, 0.3) is 5.56 Å². The van der Waals surface area contributed by atoms with Gasteiger partial charge in [-0.05, 0) is 12.1 Å². The minimum Gasteiger partial charge on any atom is -0.373 e. The fourth-order valence-electron chi connectivity index (χ4n) is 1.54. The predicted octanol–water partition coefficient (Wildman–Crippen LogP) is 0.871. The van der Waals surface area contributed by atoms with E-state index in [4.69, 9.17) is 0 Å². The molecule has 0 spiro atoms. The molecule has 2 rings (SSSR count). The second-order valence-electron chi connectivity index (χ2n) is 3.92. The number of rotatable bonds is 2. The quantitative estimate of drug-likeness (QED) is 0.807. The number of nitrogens with zero attached hydrogens (tertiary/aromatic N) is 2. The van der Waals surface area contributed by atoms with E-state index in [1.165, 1.54) is 6.20 Å². The van der Waals surface area contributed by atoms with Crippen molar-refractivity contribution in [2.75, 3.05) is 19.0 Å². The van der Waals surface area contributed by atoms with Gasteiger partial charge in [-0.1, -0.05) is 0 Å². The van der Waals surface area contributed by atoms with Gasteiger partial charge in [0.05, 0.1) is 0 Å². The summed E-state index contributed by atoms with van der Waals surface area (Å²) in [5, 5.41) is 0.461. The van der Waals surface area contributed by atoms with E-state index in [-0.39, 0.29) is 11.4 Å². The molecule has 90 valence electrons. The zero-order valence-electron chi connectivity index (χ0n) is 9.57. The third-order valence-corrected chi connectivity index (χ3v) is 2.86. The monoisotopic (exact) mass is 253 g/mol. The van der Waals surface area contributed by atoms with Crippen molar-refractivity contribution in [2.45, 2.75) is 0 Å². The Morgan fingerprint density at radius 1 is 1.35 bits per heavy atom. The summed E-state index contributed by atoms with van der Waals surface area (Å²) in [4.78, 5) is 16.2. The molecule has 1 unspecified atom stereocenters. The summed E-state index contributed by atoms with van der Waals surface area (Å²) < 4.78 is 14.7. The predicted molar refractivity (Wildman–Crippen MR) is 70.0 cm³/mol. The van der Waals surface area contributed by atoms with E-state index in [2.05, 4.69) is 14.2 Å². The summed E-state index contributed by atoms with van der Waals surface area (Å²) in [7, 11) is 5.88. The molecule has 0 aliphatic carbocycles. The van der Waals surface area contributed by atoms with Crippen LogP contribution in [-0.2, 0) is 0 Å². The molecule has 1 N–H and O–H groups in total. The van der Waals surface area contributed by atoms with Crippen molar-refractivity contribution in [3.8, 4) is 5.82 Å². The molecular weight excluding hydrogens is 240 g/mol. The molecule has 6 heteroatoms. The summed E-state index contributed by atoms with van der Waals surface area (Å²) in [5.74, 6) is 0.209. The van der Waals surface area contributed by atoms with Crippen molar-refractivity contribution in [1.82, 2.24) is 9.55 Å². The molecule has 17 heavy (non-hydrogen) atoms. The first-order valence-corrected chi connectivity index (χ1v) is 5.61. The highest BCUT2D eigenvalue weighted by Crippen LogP contribution is 2.09. The smallest absolute Gasteiger partial charge is 0.273 e. The molecule has 2 aromatic rings. The van der Waals surface area contributed by atoms with Crippen molar-refractivity contribution in [2.24, 2.45) is 0 Å². The minimum atomic E-state index is -0.326. The molecule has 0 aromatic carbocycles. The molecule has 0 saturated carbocycles. The van der Waals surface area contributed by atoms with Crippen LogP contribution in [0.25, 0.3) is 5.82 Å². The van der Waals surface area contributed by atoms with Crippen LogP contribution in [0.3, 0.4) is 0 Å². The zero-order valence-corrected chi connectivity index (χ0v) is 10.7. The van der Waals surface area contributed by atoms with E-state index in [0.29, 0.717) is 16.8 Å². The number of aromatic nitrogens is 2. The maximum absolute atomic E-state index is 13.2. The highest BCUT2D eigenvalue weighted by Gasteiger charge is 2.06. The Morgan fingerprint density at radius 2 is 2.06 bits per heavy atom. The average molecular weight is 253 g/mol. The fourth-order valence-corrected chi connectivity index (χ4v) is 1.78. The number of pyridine rings is 1. The summed E-state index contributed by atoms with van der Waals surface area (Å²) in [6.45, 7) is 0. The summed E-state index contributed by atoms with van der Waals surface area (Å²) in [6, 6.07) is 3.44. The van der Waals surface area contributed by atoms with Gasteiger partial charge < -0.3 is 14.5 Å². The number of anilines is 1. The second kappa shape index (κ2) is 4.34. The molecule has 2 heterocycles. The Morgan fingerprint density at radius 3 is 2.53 bits per heavy atom. The Balaban J connectivity index is 2.48. The fraction of sp³-hybridized carbons (Fsp3) is 0.182. The molecule has 0 bridgehead atoms. The topological polar surface area (TPSA) is 41.0 Å². The van der Waals surface area contributed by atoms with Crippen molar-refractivity contribution >= 4 is 20.2 Å². The van der Waals surface area contributed by atoms with Gasteiger partial charge in [0, 0.05) is 31.8 Å². The molecule has 0 aliphatic rings. The minimum absolute atomic E-state index is 0.202. The number of hydrogen-bond acceptors (Lipinski definition) is 2. The lowest BCUT2D eigenvalue weighted by atomic mass is 10.4. The van der Waals surface area contributed by atoms with Crippen LogP contribution in [0, 0.1) is 5.82 Å². The van der Waals surface area contributed by atoms with Gasteiger partial charge >= 0.3 is 0 Å². The maximum Gasteiger partial charge on any atom is 0.273 e. The van der Waals surface area contributed by atoms with Crippen molar-refractivity contribution in [3.63, 3.8) is 0 Å². The van der Waals surface area contributed by atoms with E-state index >= 15 is 0 Å². The lowest BCUT2D eigenvalue weighted by Gasteiger charge is -2.11. The Hall–Kier alpha value is -1.61. The Labute approximate surface area is 100 Å². The third-order valence-electron chi connectivity index (χ3n) is 2.44. The summed E-state index contributed by atoms with van der Waals surface area (Å²) in [6.07, 6.45) is 2.92. The van der Waals surface area contributed by atoms with Crippen LogP contribution in [0.1, 0.15) is 0 Å². The van der Waals surface area contributed by atoms with Crippen molar-refractivity contribution < 1.29 is 4.39 Å². The molecular formula is C11H13FN3OP. The molecule has 0 saturated heterocycles. The molecule has 0 amide bonds. The van der Waals surface area contributed by atoms with Crippen molar-refractivity contribution in [3.05, 3.63) is 40.7 Å². The zero-order chi connectivity index (χ0) is 12.6. The Bertz CT molecular complexity index is 584. The summed E-state index contributed by atoms with van der Waals surface area (Å²) >= 11 is 0. The largest absolute Gasteiger partial charge is 0.373 e. The average Bonchev–Trinajstić information content (AvgIpc) is 2.58. The van der Waals surface area contributed by atoms with Gasteiger partial charge in [0.1, 0.15) is 17.3 Å². The molecule has 1 atom stereocenters. The molecule has 0 radical (unpaired) electrons. The van der Waals surface area contributed by atoms with Gasteiger partial charge in [0.2, 0.25) is 0 Å². The number of aromatic amines is 1. The van der Waals surface area contributed by atoms with Crippen LogP contribution in [0.5, 0.6) is 0 Å². The van der Waals surface area contributed by atoms with Gasteiger partial charge in [-0.3, -0.25) is 4.79 Å². The second-order valence-corrected chi connectivity index (χ2v) is 4.54. The van der Waals surface area contributed by atoms with Crippen LogP contribution >= 0.6 is 9.24 Å². The van der Waals surface area contributed by atoms with Crippen LogP contribution in [0.2, 0.25) is 0 Å². The van der Waals surface area contributed by atoms with Gasteiger partial charge in [-0.25, -0.2) is 4.39 Å². The SMILES string of the molecule is CN(C)c1ccc(-n2cc(F)c(P)c2)[nH]c1=O. The van der Waals surface area contributed by atoms with E-state index in [0.717, 1.165) is 0 Å². The van der Waals surface area contributed by atoms with E-state index in [1.807, 2.05) is 0 Å². The first kappa shape index (κ1) is 11.9. The number of nitrogens with one attached hydrogen (secondary N) is 1. The van der Waals surface area contributed by atoms with Crippen LogP contribution in [-0.4, -0.2) is 23.6 Å². The van der Waals surface area contributed by atoms with Gasteiger partial charge in [0.15, 0.2) is 0 Å². The highest BCUT2D eigenvalue weighted by atomic mass is 31.0. The molecule has 2 aromatic heterocycles. The maximum atomic E-state index is 13.2. The number of halogens is 1. The van der Waals surface area contributed by atoms with Gasteiger partial charge in [-0.15, -0.1) is 9.24 Å². The summed E-state index contributed by atoms with van der Waals surface area (Å²) in [5.41, 5.74) is 0.361. The van der Waals surface area contributed by atoms with E-state index in [9.17, 15) is 9.18 Å². The highest BCUT2D eigenvalue weighted by molar-refractivity contribution is 7.27. The number of hydrogen-bond donors (Lipinski definition) is 1. The first-order chi connectivity index (χ1) is 7.99. The van der Waals surface area contributed by atoms with E-state index < -0.39 is 0 Å². The van der Waals surface area contributed by atoms with Crippen LogP contribution in [0.15, 0.2) is 29.3 Å². The Kier molecular flexibility index (Phi) is 3.03. The van der Waals surface area contributed by atoms with Crippen molar-refractivity contribution in [1.29, 1.82) is 0 Å². The first-order valence-electron chi connectivity index (χ1n) is 5.03. The lowest BCUT2D eigenvalue weighted by molar-refractivity contribution is 0.634. The van der Waals surface area contributed by atoms with E-state index in [1.54, 1.807) is 41.9 Å². The molecule has 0 fully saturated rings. The molecule has 4 nitrogen and oxygen atoms in total.